The van der Waals surface area contributed by atoms with Crippen molar-refractivity contribution in [2.24, 2.45) is 0 Å². The maximum Gasteiger partial charge on any atom is 0.308 e. The van der Waals surface area contributed by atoms with Crippen LogP contribution in [0, 0.1) is 0 Å². The van der Waals surface area contributed by atoms with Crippen molar-refractivity contribution in [3.8, 4) is 5.75 Å². The lowest BCUT2D eigenvalue weighted by atomic mass is 10.1. The van der Waals surface area contributed by atoms with Gasteiger partial charge in [0.15, 0.2) is 0 Å². The zero-order valence-electron chi connectivity index (χ0n) is 8.54. The molecule has 2 heteroatoms. The second-order valence-electron chi connectivity index (χ2n) is 3.37. The summed E-state index contributed by atoms with van der Waals surface area (Å²) in [7, 11) is 0. The van der Waals surface area contributed by atoms with Gasteiger partial charge in [-0.1, -0.05) is 24.3 Å². The number of rotatable bonds is 3. The summed E-state index contributed by atoms with van der Waals surface area (Å²) >= 11 is 0. The highest BCUT2D eigenvalue weighted by Crippen LogP contribution is 2.15. The van der Waals surface area contributed by atoms with Gasteiger partial charge in [0.2, 0.25) is 0 Å². The fourth-order valence-electron chi connectivity index (χ4n) is 1.23. The first-order valence-corrected chi connectivity index (χ1v) is 4.49. The van der Waals surface area contributed by atoms with E-state index in [4.69, 9.17) is 4.74 Å². The lowest BCUT2D eigenvalue weighted by Gasteiger charge is -2.04. The number of esters is 1. The molecule has 1 rings (SSSR count). The molecular weight excluding hydrogens is 176 g/mol. The Morgan fingerprint density at radius 3 is 2.71 bits per heavy atom. The Labute approximate surface area is 84.2 Å². The third-order valence-electron chi connectivity index (χ3n) is 1.67. The molecule has 0 amide bonds. The van der Waals surface area contributed by atoms with E-state index in [1.807, 2.05) is 25.1 Å². The molecule has 0 saturated carbocycles. The smallest absolute Gasteiger partial charge is 0.308 e. The molecule has 14 heavy (non-hydrogen) atoms. The highest BCUT2D eigenvalue weighted by atomic mass is 16.5. The molecule has 0 unspecified atom stereocenters. The SMILES string of the molecule is C=C(C)Cc1cccc(OC(C)=O)c1. The van der Waals surface area contributed by atoms with Crippen molar-refractivity contribution in [2.45, 2.75) is 20.3 Å². The number of benzene rings is 1. The Bertz CT molecular complexity index is 322. The summed E-state index contributed by atoms with van der Waals surface area (Å²) in [5, 5.41) is 0. The summed E-state index contributed by atoms with van der Waals surface area (Å²) in [5.41, 5.74) is 2.20. The minimum atomic E-state index is -0.294. The summed E-state index contributed by atoms with van der Waals surface area (Å²) in [6.07, 6.45) is 0.815. The molecule has 2 nitrogen and oxygen atoms in total. The average Bonchev–Trinajstić information content (AvgIpc) is 2.01. The fraction of sp³-hybridized carbons (Fsp3) is 0.250. The van der Waals surface area contributed by atoms with Gasteiger partial charge in [-0.3, -0.25) is 4.79 Å². The molecule has 1 aromatic carbocycles. The monoisotopic (exact) mass is 190 g/mol. The third kappa shape index (κ3) is 3.44. The van der Waals surface area contributed by atoms with Crippen molar-refractivity contribution in [3.63, 3.8) is 0 Å². The van der Waals surface area contributed by atoms with Crippen LogP contribution < -0.4 is 4.74 Å². The number of hydrogen-bond acceptors (Lipinski definition) is 2. The molecular formula is C12H14O2. The van der Waals surface area contributed by atoms with Crippen LogP contribution in [-0.4, -0.2) is 5.97 Å². The van der Waals surface area contributed by atoms with E-state index < -0.39 is 0 Å². The number of carbonyl (C=O) groups excluding carboxylic acids is 1. The van der Waals surface area contributed by atoms with Crippen LogP contribution in [0.5, 0.6) is 5.75 Å². The summed E-state index contributed by atoms with van der Waals surface area (Å²) in [6, 6.07) is 7.48. The molecule has 0 aliphatic heterocycles. The molecule has 0 radical (unpaired) electrons. The molecule has 0 spiro atoms. The van der Waals surface area contributed by atoms with Gasteiger partial charge < -0.3 is 4.74 Å². The van der Waals surface area contributed by atoms with Crippen molar-refractivity contribution in [1.82, 2.24) is 0 Å². The van der Waals surface area contributed by atoms with Gasteiger partial charge >= 0.3 is 5.97 Å². The largest absolute Gasteiger partial charge is 0.427 e. The maximum absolute atomic E-state index is 10.7. The topological polar surface area (TPSA) is 26.3 Å². The molecule has 0 saturated heterocycles. The second kappa shape index (κ2) is 4.61. The number of ether oxygens (including phenoxy) is 1. The van der Waals surface area contributed by atoms with Gasteiger partial charge in [-0.05, 0) is 31.0 Å². The van der Waals surface area contributed by atoms with Gasteiger partial charge in [0.25, 0.3) is 0 Å². The Balaban J connectivity index is 2.78. The zero-order valence-corrected chi connectivity index (χ0v) is 8.54. The molecule has 1 aromatic rings. The molecule has 0 aliphatic carbocycles. The van der Waals surface area contributed by atoms with Gasteiger partial charge in [-0.2, -0.15) is 0 Å². The van der Waals surface area contributed by atoms with Crippen molar-refractivity contribution in [2.75, 3.05) is 0 Å². The summed E-state index contributed by atoms with van der Waals surface area (Å²) in [6.45, 7) is 7.20. The molecule has 74 valence electrons. The maximum atomic E-state index is 10.7. The predicted octanol–water partition coefficient (Wildman–Crippen LogP) is 2.73. The normalized spacial score (nSPS) is 9.57. The first kappa shape index (κ1) is 10.5. The van der Waals surface area contributed by atoms with Crippen LogP contribution in [0.4, 0.5) is 0 Å². The van der Waals surface area contributed by atoms with Crippen molar-refractivity contribution in [3.05, 3.63) is 42.0 Å². The number of carbonyl (C=O) groups is 1. The first-order chi connectivity index (χ1) is 6.58. The highest BCUT2D eigenvalue weighted by Gasteiger charge is 1.99. The van der Waals surface area contributed by atoms with Crippen LogP contribution in [0.25, 0.3) is 0 Å². The molecule has 0 aromatic heterocycles. The zero-order chi connectivity index (χ0) is 10.6. The van der Waals surface area contributed by atoms with E-state index in [1.54, 1.807) is 6.07 Å². The van der Waals surface area contributed by atoms with E-state index in [-0.39, 0.29) is 5.97 Å². The Kier molecular flexibility index (Phi) is 3.46. The summed E-state index contributed by atoms with van der Waals surface area (Å²) in [4.78, 5) is 10.7. The van der Waals surface area contributed by atoms with E-state index in [0.717, 1.165) is 17.6 Å². The van der Waals surface area contributed by atoms with Crippen molar-refractivity contribution in [1.29, 1.82) is 0 Å². The van der Waals surface area contributed by atoms with Gasteiger partial charge in [-0.25, -0.2) is 0 Å². The van der Waals surface area contributed by atoms with Gasteiger partial charge in [0.1, 0.15) is 5.75 Å². The van der Waals surface area contributed by atoms with Crippen LogP contribution in [0.3, 0.4) is 0 Å². The fourth-order valence-corrected chi connectivity index (χ4v) is 1.23. The van der Waals surface area contributed by atoms with Crippen LogP contribution in [0.2, 0.25) is 0 Å². The van der Waals surface area contributed by atoms with Gasteiger partial charge in [0, 0.05) is 6.92 Å². The minimum absolute atomic E-state index is 0.294. The lowest BCUT2D eigenvalue weighted by molar-refractivity contribution is -0.131. The Morgan fingerprint density at radius 1 is 1.43 bits per heavy atom. The van der Waals surface area contributed by atoms with E-state index in [2.05, 4.69) is 6.58 Å². The van der Waals surface area contributed by atoms with Gasteiger partial charge in [0.05, 0.1) is 0 Å². The predicted molar refractivity (Wildman–Crippen MR) is 56.3 cm³/mol. The molecule has 0 heterocycles. The quantitative estimate of drug-likeness (QED) is 0.416. The summed E-state index contributed by atoms with van der Waals surface area (Å²) in [5.74, 6) is 0.300. The van der Waals surface area contributed by atoms with Crippen LogP contribution in [0.15, 0.2) is 36.4 Å². The van der Waals surface area contributed by atoms with Crippen LogP contribution in [0.1, 0.15) is 19.4 Å². The van der Waals surface area contributed by atoms with Crippen molar-refractivity contribution < 1.29 is 9.53 Å². The lowest BCUT2D eigenvalue weighted by Crippen LogP contribution is -2.01. The van der Waals surface area contributed by atoms with E-state index in [9.17, 15) is 4.79 Å². The minimum Gasteiger partial charge on any atom is -0.427 e. The van der Waals surface area contributed by atoms with Crippen molar-refractivity contribution >= 4 is 5.97 Å². The Morgan fingerprint density at radius 2 is 2.14 bits per heavy atom. The molecule has 0 fully saturated rings. The summed E-state index contributed by atoms with van der Waals surface area (Å²) < 4.78 is 4.97. The number of allylic oxidation sites excluding steroid dienone is 1. The Hall–Kier alpha value is -1.57. The number of hydrogen-bond donors (Lipinski definition) is 0. The average molecular weight is 190 g/mol. The van der Waals surface area contributed by atoms with E-state index in [1.165, 1.54) is 6.92 Å². The van der Waals surface area contributed by atoms with Crippen LogP contribution >= 0.6 is 0 Å². The molecule has 0 N–H and O–H groups in total. The second-order valence-corrected chi connectivity index (χ2v) is 3.37. The van der Waals surface area contributed by atoms with Gasteiger partial charge in [-0.15, -0.1) is 0 Å². The third-order valence-corrected chi connectivity index (χ3v) is 1.67. The first-order valence-electron chi connectivity index (χ1n) is 4.49. The standard InChI is InChI=1S/C12H14O2/c1-9(2)7-11-5-4-6-12(8-11)14-10(3)13/h4-6,8H,1,7H2,2-3H3. The molecule has 0 atom stereocenters. The van der Waals surface area contributed by atoms with E-state index >= 15 is 0 Å². The molecule has 0 bridgehead atoms. The van der Waals surface area contributed by atoms with Crippen LogP contribution in [-0.2, 0) is 11.2 Å². The van der Waals surface area contributed by atoms with E-state index in [0.29, 0.717) is 5.75 Å². The highest BCUT2D eigenvalue weighted by molar-refractivity contribution is 5.69. The molecule has 0 aliphatic rings.